The van der Waals surface area contributed by atoms with Crippen molar-refractivity contribution < 1.29 is 9.21 Å². The van der Waals surface area contributed by atoms with E-state index in [0.29, 0.717) is 6.54 Å². The van der Waals surface area contributed by atoms with Gasteiger partial charge in [-0.1, -0.05) is 6.92 Å². The van der Waals surface area contributed by atoms with Crippen LogP contribution in [-0.2, 0) is 17.8 Å². The topological polar surface area (TPSA) is 98.9 Å². The summed E-state index contributed by atoms with van der Waals surface area (Å²) in [6, 6.07) is 3.63. The van der Waals surface area contributed by atoms with Crippen molar-refractivity contribution in [2.45, 2.75) is 26.8 Å². The number of piperazine rings is 1. The highest BCUT2D eigenvalue weighted by molar-refractivity contribution is 14.0. The number of guanidine groups is 1. The molecule has 3 heterocycles. The Bertz CT molecular complexity index is 773. The first-order valence-electron chi connectivity index (χ1n) is 9.59. The number of nitrogens with one attached hydrogen (secondary N) is 2. The normalized spacial score (nSPS) is 14.5. The van der Waals surface area contributed by atoms with Crippen LogP contribution in [0.4, 0.5) is 5.13 Å². The van der Waals surface area contributed by atoms with Crippen LogP contribution in [0, 0.1) is 0 Å². The maximum atomic E-state index is 12.1. The van der Waals surface area contributed by atoms with Gasteiger partial charge >= 0.3 is 0 Å². The molecule has 0 aromatic carbocycles. The molecule has 3 rings (SSSR count). The summed E-state index contributed by atoms with van der Waals surface area (Å²) in [6.07, 6.45) is 2.45. The van der Waals surface area contributed by atoms with Crippen LogP contribution in [-0.4, -0.2) is 65.4 Å². The second-order valence-corrected chi connectivity index (χ2v) is 7.08. The first-order valence-corrected chi connectivity index (χ1v) is 10.4. The summed E-state index contributed by atoms with van der Waals surface area (Å²) in [5.41, 5.74) is 0. The highest BCUT2D eigenvalue weighted by atomic mass is 127. The fourth-order valence-electron chi connectivity index (χ4n) is 2.85. The SMILES string of the molecule is CCNC(=NCC(=O)NCc1ccco1)N1CCN(c2nc(CC)ns2)CC1.I. The zero-order chi connectivity index (χ0) is 19.8. The van der Waals surface area contributed by atoms with Gasteiger partial charge in [-0.3, -0.25) is 4.79 Å². The quantitative estimate of drug-likeness (QED) is 0.318. The minimum atomic E-state index is -0.133. The molecule has 160 valence electrons. The number of carbonyl (C=O) groups is 1. The van der Waals surface area contributed by atoms with E-state index in [-0.39, 0.29) is 36.4 Å². The number of amides is 1. The summed E-state index contributed by atoms with van der Waals surface area (Å²) in [4.78, 5) is 25.6. The van der Waals surface area contributed by atoms with Crippen molar-refractivity contribution >= 4 is 52.5 Å². The maximum absolute atomic E-state index is 12.1. The molecule has 1 saturated heterocycles. The van der Waals surface area contributed by atoms with E-state index in [4.69, 9.17) is 4.42 Å². The van der Waals surface area contributed by atoms with Crippen LogP contribution in [0.1, 0.15) is 25.4 Å². The number of rotatable bonds is 7. The van der Waals surface area contributed by atoms with E-state index in [1.165, 1.54) is 11.5 Å². The number of aliphatic imine (C=N–C) groups is 1. The van der Waals surface area contributed by atoms with E-state index in [1.807, 2.05) is 13.0 Å². The predicted molar refractivity (Wildman–Crippen MR) is 125 cm³/mol. The lowest BCUT2D eigenvalue weighted by Gasteiger charge is -2.36. The summed E-state index contributed by atoms with van der Waals surface area (Å²) in [6.45, 7) is 8.65. The van der Waals surface area contributed by atoms with E-state index < -0.39 is 0 Å². The molecule has 0 bridgehead atoms. The molecule has 29 heavy (non-hydrogen) atoms. The Hall–Kier alpha value is -1.89. The molecule has 11 heteroatoms. The average molecular weight is 533 g/mol. The third-order valence-corrected chi connectivity index (χ3v) is 5.19. The Labute approximate surface area is 192 Å². The minimum absolute atomic E-state index is 0. The maximum Gasteiger partial charge on any atom is 0.242 e. The van der Waals surface area contributed by atoms with Crippen LogP contribution in [0.15, 0.2) is 27.8 Å². The highest BCUT2D eigenvalue weighted by Crippen LogP contribution is 2.19. The van der Waals surface area contributed by atoms with Crippen molar-refractivity contribution in [3.63, 3.8) is 0 Å². The molecule has 0 spiro atoms. The third-order valence-electron chi connectivity index (χ3n) is 4.37. The Morgan fingerprint density at radius 1 is 1.28 bits per heavy atom. The van der Waals surface area contributed by atoms with E-state index in [1.54, 1.807) is 12.3 Å². The van der Waals surface area contributed by atoms with Crippen molar-refractivity contribution in [1.29, 1.82) is 0 Å². The minimum Gasteiger partial charge on any atom is -0.467 e. The standard InChI is InChI=1S/C18H27N7O2S.HI/c1-3-15-22-18(28-23-15)25-9-7-24(8-10-25)17(19-4-2)21-13-16(26)20-12-14-6-5-11-27-14;/h5-6,11H,3-4,7-10,12-13H2,1-2H3,(H,19,21)(H,20,26);1H. The summed E-state index contributed by atoms with van der Waals surface area (Å²) < 4.78 is 9.58. The van der Waals surface area contributed by atoms with Crippen molar-refractivity contribution in [3.8, 4) is 0 Å². The molecule has 0 unspecified atom stereocenters. The molecule has 1 fully saturated rings. The van der Waals surface area contributed by atoms with Crippen molar-refractivity contribution in [2.24, 2.45) is 4.99 Å². The van der Waals surface area contributed by atoms with Crippen molar-refractivity contribution in [2.75, 3.05) is 44.2 Å². The van der Waals surface area contributed by atoms with Crippen LogP contribution in [0.25, 0.3) is 0 Å². The van der Waals surface area contributed by atoms with E-state index >= 15 is 0 Å². The Morgan fingerprint density at radius 2 is 2.07 bits per heavy atom. The lowest BCUT2D eigenvalue weighted by Crippen LogP contribution is -2.52. The van der Waals surface area contributed by atoms with Gasteiger partial charge in [-0.15, -0.1) is 24.0 Å². The summed E-state index contributed by atoms with van der Waals surface area (Å²) in [5, 5.41) is 7.07. The van der Waals surface area contributed by atoms with Gasteiger partial charge in [0.15, 0.2) is 5.96 Å². The largest absolute Gasteiger partial charge is 0.467 e. The summed E-state index contributed by atoms with van der Waals surface area (Å²) in [5.74, 6) is 2.26. The van der Waals surface area contributed by atoms with E-state index in [2.05, 4.69) is 41.7 Å². The molecule has 9 nitrogen and oxygen atoms in total. The van der Waals surface area contributed by atoms with Gasteiger partial charge in [0.05, 0.1) is 12.8 Å². The van der Waals surface area contributed by atoms with E-state index in [9.17, 15) is 4.79 Å². The van der Waals surface area contributed by atoms with E-state index in [0.717, 1.165) is 61.8 Å². The van der Waals surface area contributed by atoms with Gasteiger partial charge in [0.2, 0.25) is 11.0 Å². The smallest absolute Gasteiger partial charge is 0.242 e. The highest BCUT2D eigenvalue weighted by Gasteiger charge is 2.22. The molecule has 0 radical (unpaired) electrons. The van der Waals surface area contributed by atoms with Crippen molar-refractivity contribution in [3.05, 3.63) is 30.0 Å². The van der Waals surface area contributed by atoms with Gasteiger partial charge in [-0.25, -0.2) is 9.98 Å². The van der Waals surface area contributed by atoms with Crippen LogP contribution >= 0.6 is 35.5 Å². The van der Waals surface area contributed by atoms with Gasteiger partial charge in [-0.05, 0) is 19.1 Å². The molecule has 0 saturated carbocycles. The average Bonchev–Trinajstić information content (AvgIpc) is 3.41. The first-order chi connectivity index (χ1) is 13.7. The number of aryl methyl sites for hydroxylation is 1. The number of anilines is 1. The molecule has 2 N–H and O–H groups in total. The molecule has 1 amide bonds. The summed E-state index contributed by atoms with van der Waals surface area (Å²) >= 11 is 1.46. The summed E-state index contributed by atoms with van der Waals surface area (Å²) in [7, 11) is 0. The van der Waals surface area contributed by atoms with Crippen LogP contribution in [0.5, 0.6) is 0 Å². The number of nitrogens with zero attached hydrogens (tertiary/aromatic N) is 5. The lowest BCUT2D eigenvalue weighted by molar-refractivity contribution is -0.119. The fourth-order valence-corrected chi connectivity index (χ4v) is 3.65. The van der Waals surface area contributed by atoms with Crippen LogP contribution in [0.3, 0.4) is 0 Å². The number of aromatic nitrogens is 2. The zero-order valence-corrected chi connectivity index (χ0v) is 19.9. The van der Waals surface area contributed by atoms with Crippen LogP contribution < -0.4 is 15.5 Å². The molecule has 2 aromatic rings. The molecular weight excluding hydrogens is 505 g/mol. The van der Waals surface area contributed by atoms with Crippen LogP contribution in [0.2, 0.25) is 0 Å². The zero-order valence-electron chi connectivity index (χ0n) is 16.8. The van der Waals surface area contributed by atoms with Gasteiger partial charge in [-0.2, -0.15) is 4.37 Å². The second kappa shape index (κ2) is 12.0. The third kappa shape index (κ3) is 6.84. The molecule has 0 aliphatic carbocycles. The van der Waals surface area contributed by atoms with Gasteiger partial charge < -0.3 is 24.9 Å². The Balaban J connectivity index is 0.00000300. The first kappa shape index (κ1) is 23.4. The Morgan fingerprint density at radius 3 is 2.69 bits per heavy atom. The predicted octanol–water partition coefficient (Wildman–Crippen LogP) is 1.72. The van der Waals surface area contributed by atoms with Gasteiger partial charge in [0, 0.05) is 50.7 Å². The second-order valence-electron chi connectivity index (χ2n) is 6.35. The molecule has 2 aromatic heterocycles. The lowest BCUT2D eigenvalue weighted by atomic mass is 10.3. The molecular formula is C18H28IN7O2S. The van der Waals surface area contributed by atoms with Crippen molar-refractivity contribution in [1.82, 2.24) is 24.9 Å². The van der Waals surface area contributed by atoms with Gasteiger partial charge in [0.1, 0.15) is 18.1 Å². The number of hydrogen-bond donors (Lipinski definition) is 2. The fraction of sp³-hybridized carbons (Fsp3) is 0.556. The molecule has 1 aliphatic heterocycles. The van der Waals surface area contributed by atoms with Gasteiger partial charge in [0.25, 0.3) is 0 Å². The Kier molecular flexibility index (Phi) is 9.64. The molecule has 0 atom stereocenters. The molecule has 1 aliphatic rings. The monoisotopic (exact) mass is 533 g/mol. The number of halogens is 1. The number of hydrogen-bond acceptors (Lipinski definition) is 7. The number of carbonyl (C=O) groups excluding carboxylic acids is 1. The number of furan rings is 1.